The zero-order valence-corrected chi connectivity index (χ0v) is 35.5. The Morgan fingerprint density at radius 3 is 1.12 bits per heavy atom. The Hall–Kier alpha value is -9.01. The number of benzene rings is 4. The zero-order chi connectivity index (χ0) is 43.8. The van der Waals surface area contributed by atoms with E-state index in [4.69, 9.17) is 19.9 Å². The molecule has 310 valence electrons. The van der Waals surface area contributed by atoms with Crippen LogP contribution in [-0.2, 0) is 0 Å². The molecule has 1 aliphatic heterocycles. The molecule has 0 aliphatic carbocycles. The lowest BCUT2D eigenvalue weighted by Crippen LogP contribution is -2.18. The summed E-state index contributed by atoms with van der Waals surface area (Å²) in [6.45, 7) is 0.696. The number of hydrogen-bond donors (Lipinski definition) is 1. The third-order valence-electron chi connectivity index (χ3n) is 12.4. The molecule has 0 atom stereocenters. The Kier molecular flexibility index (Phi) is 9.72. The number of dihydropyridines is 1. The van der Waals surface area contributed by atoms with Gasteiger partial charge in [0.05, 0.1) is 28.5 Å². The topological polar surface area (TPSA) is 102 Å². The van der Waals surface area contributed by atoms with Crippen LogP contribution in [0.4, 0.5) is 0 Å². The van der Waals surface area contributed by atoms with Gasteiger partial charge in [-0.1, -0.05) is 66.7 Å². The molecule has 0 spiro atoms. The summed E-state index contributed by atoms with van der Waals surface area (Å²) in [5.41, 5.74) is 15.8. The number of hydrogen-bond acceptors (Lipinski definition) is 8. The van der Waals surface area contributed by atoms with E-state index in [1.807, 2.05) is 79.8 Å². The Morgan fingerprint density at radius 2 is 0.712 bits per heavy atom. The van der Waals surface area contributed by atoms with E-state index in [1.54, 1.807) is 12.4 Å². The van der Waals surface area contributed by atoms with Crippen molar-refractivity contribution >= 4 is 43.6 Å². The Morgan fingerprint density at radius 1 is 0.303 bits per heavy atom. The van der Waals surface area contributed by atoms with Gasteiger partial charge in [0.15, 0.2) is 0 Å². The summed E-state index contributed by atoms with van der Waals surface area (Å²) < 4.78 is 0. The van der Waals surface area contributed by atoms with Crippen LogP contribution in [0.3, 0.4) is 0 Å². The lowest BCUT2D eigenvalue weighted by atomic mass is 9.90. The van der Waals surface area contributed by atoms with Gasteiger partial charge in [0.2, 0.25) is 0 Å². The number of rotatable bonds is 8. The standard InChI is InChI=1S/C58H38N8/c1-2-8-48-47(7-1)49-17-9-37(39-11-19-55(61-31-39)43-15-23-57(65-35-43)45-13-21-53(63-33-45)41-5-3-25-59-29-41)27-51(49)52-28-38(10-18-50(48)52)40-12-20-56(62-32-40)44-16-24-58(66-36-44)46-14-22-54(64-34-46)42-6-4-26-60-30-42/h1-33,35-36,64H,34H2. The molecule has 11 aromatic rings. The van der Waals surface area contributed by atoms with Crippen molar-refractivity contribution in [2.75, 3.05) is 6.54 Å². The van der Waals surface area contributed by atoms with Crippen LogP contribution >= 0.6 is 0 Å². The van der Waals surface area contributed by atoms with Crippen LogP contribution in [0, 0.1) is 0 Å². The van der Waals surface area contributed by atoms with Crippen molar-refractivity contribution in [2.45, 2.75) is 0 Å². The molecule has 0 saturated carbocycles. The normalized spacial score (nSPS) is 12.5. The first-order valence-electron chi connectivity index (χ1n) is 21.8. The summed E-state index contributed by atoms with van der Waals surface area (Å²) >= 11 is 0. The second-order valence-corrected chi connectivity index (χ2v) is 16.3. The van der Waals surface area contributed by atoms with Gasteiger partial charge in [-0.2, -0.15) is 0 Å². The lowest BCUT2D eigenvalue weighted by molar-refractivity contribution is 0.997. The van der Waals surface area contributed by atoms with Crippen molar-refractivity contribution in [3.8, 4) is 67.3 Å². The van der Waals surface area contributed by atoms with Crippen LogP contribution in [0.15, 0.2) is 214 Å². The summed E-state index contributed by atoms with van der Waals surface area (Å²) in [4.78, 5) is 32.5. The van der Waals surface area contributed by atoms with E-state index in [9.17, 15) is 0 Å². The first kappa shape index (κ1) is 38.6. The molecular formula is C58H38N8. The number of fused-ring (bicyclic) bond motifs is 6. The molecule has 0 bridgehead atoms. The summed E-state index contributed by atoms with van der Waals surface area (Å²) in [6, 6.07) is 50.9. The highest BCUT2D eigenvalue weighted by atomic mass is 14.9. The van der Waals surface area contributed by atoms with Gasteiger partial charge >= 0.3 is 0 Å². The number of pyridine rings is 7. The predicted molar refractivity (Wildman–Crippen MR) is 267 cm³/mol. The monoisotopic (exact) mass is 846 g/mol. The summed E-state index contributed by atoms with van der Waals surface area (Å²) in [6.07, 6.45) is 21.0. The average molecular weight is 847 g/mol. The minimum Gasteiger partial charge on any atom is -0.380 e. The first-order valence-corrected chi connectivity index (χ1v) is 21.8. The number of aromatic nitrogens is 7. The van der Waals surface area contributed by atoms with Crippen LogP contribution in [-0.4, -0.2) is 41.4 Å². The van der Waals surface area contributed by atoms with Crippen molar-refractivity contribution in [1.82, 2.24) is 40.2 Å². The minimum absolute atomic E-state index is 0.696. The Bertz CT molecular complexity index is 3630. The molecular weight excluding hydrogens is 809 g/mol. The van der Waals surface area contributed by atoms with Crippen LogP contribution in [0.1, 0.15) is 11.3 Å². The molecule has 1 N–H and O–H groups in total. The molecule has 12 rings (SSSR count). The molecule has 66 heavy (non-hydrogen) atoms. The van der Waals surface area contributed by atoms with Gasteiger partial charge < -0.3 is 5.32 Å². The summed E-state index contributed by atoms with van der Waals surface area (Å²) in [5.74, 6) is 0. The van der Waals surface area contributed by atoms with Crippen molar-refractivity contribution in [3.63, 3.8) is 0 Å². The van der Waals surface area contributed by atoms with E-state index in [1.165, 1.54) is 32.3 Å². The SMILES string of the molecule is C1=C(c2cccnc2)NCC(c2ccc(-c3ccc(-c4ccc5c6ccccc6c6ccc(-c7ccc(-c8ccc(-c9ccc(-c%10cccnc%10)nc9)nc8)nc7)cc6c5c4)cn3)cn2)=C1. The number of nitrogens with one attached hydrogen (secondary N) is 1. The fourth-order valence-electron chi connectivity index (χ4n) is 8.86. The molecule has 0 radical (unpaired) electrons. The van der Waals surface area contributed by atoms with Gasteiger partial charge in [-0.3, -0.25) is 34.9 Å². The smallest absolute Gasteiger partial charge is 0.0717 e. The van der Waals surface area contributed by atoms with E-state index < -0.39 is 0 Å². The maximum absolute atomic E-state index is 4.92. The number of nitrogens with zero attached hydrogens (tertiary/aromatic N) is 7. The minimum atomic E-state index is 0.696. The fourth-order valence-corrected chi connectivity index (χ4v) is 8.86. The maximum Gasteiger partial charge on any atom is 0.0717 e. The molecule has 8 nitrogen and oxygen atoms in total. The molecule has 4 aromatic carbocycles. The van der Waals surface area contributed by atoms with Crippen molar-refractivity contribution in [2.24, 2.45) is 0 Å². The van der Waals surface area contributed by atoms with E-state index in [0.29, 0.717) is 6.54 Å². The fraction of sp³-hybridized carbons (Fsp3) is 0.0172. The van der Waals surface area contributed by atoms with Gasteiger partial charge in [0.25, 0.3) is 0 Å². The molecule has 1 aliphatic rings. The highest BCUT2D eigenvalue weighted by Gasteiger charge is 2.14. The summed E-state index contributed by atoms with van der Waals surface area (Å²) in [7, 11) is 0. The zero-order valence-electron chi connectivity index (χ0n) is 35.5. The van der Waals surface area contributed by atoms with E-state index in [2.05, 4.69) is 142 Å². The highest BCUT2D eigenvalue weighted by Crippen LogP contribution is 2.39. The lowest BCUT2D eigenvalue weighted by Gasteiger charge is -2.17. The molecule has 0 fully saturated rings. The molecule has 0 unspecified atom stereocenters. The first-order chi connectivity index (χ1) is 32.7. The summed E-state index contributed by atoms with van der Waals surface area (Å²) in [5, 5.41) is 10.8. The van der Waals surface area contributed by atoms with Gasteiger partial charge in [-0.25, -0.2) is 0 Å². The van der Waals surface area contributed by atoms with E-state index >= 15 is 0 Å². The predicted octanol–water partition coefficient (Wildman–Crippen LogP) is 12.9. The van der Waals surface area contributed by atoms with Gasteiger partial charge in [-0.05, 0) is 140 Å². The molecule has 8 heterocycles. The maximum atomic E-state index is 4.92. The molecule has 0 amide bonds. The molecule has 0 saturated heterocycles. The van der Waals surface area contributed by atoms with Gasteiger partial charge in [0, 0.05) is 107 Å². The van der Waals surface area contributed by atoms with Crippen LogP contribution < -0.4 is 5.32 Å². The van der Waals surface area contributed by atoms with Crippen molar-refractivity contribution < 1.29 is 0 Å². The average Bonchev–Trinajstić information content (AvgIpc) is 3.41. The van der Waals surface area contributed by atoms with Gasteiger partial charge in [-0.15, -0.1) is 0 Å². The van der Waals surface area contributed by atoms with E-state index in [0.717, 1.165) is 89.8 Å². The van der Waals surface area contributed by atoms with Crippen LogP contribution in [0.5, 0.6) is 0 Å². The van der Waals surface area contributed by atoms with Crippen molar-refractivity contribution in [3.05, 3.63) is 225 Å². The third-order valence-corrected chi connectivity index (χ3v) is 12.4. The third kappa shape index (κ3) is 7.32. The highest BCUT2D eigenvalue weighted by molar-refractivity contribution is 6.26. The molecule has 8 heteroatoms. The van der Waals surface area contributed by atoms with E-state index in [-0.39, 0.29) is 0 Å². The Balaban J connectivity index is 0.806. The van der Waals surface area contributed by atoms with Crippen LogP contribution in [0.25, 0.3) is 111 Å². The van der Waals surface area contributed by atoms with Crippen molar-refractivity contribution in [1.29, 1.82) is 0 Å². The second kappa shape index (κ2) is 16.6. The molecule has 7 aromatic heterocycles. The number of allylic oxidation sites excluding steroid dienone is 2. The Labute approximate surface area is 380 Å². The van der Waals surface area contributed by atoms with Crippen LogP contribution in [0.2, 0.25) is 0 Å². The van der Waals surface area contributed by atoms with Gasteiger partial charge in [0.1, 0.15) is 0 Å². The largest absolute Gasteiger partial charge is 0.380 e. The quantitative estimate of drug-likeness (QED) is 0.151. The second-order valence-electron chi connectivity index (χ2n) is 16.3.